The third kappa shape index (κ3) is 12.2. The molecule has 2 rings (SSSR count). The number of ketones is 1. The minimum Gasteiger partial charge on any atom is -0.469 e. The number of aromatic nitrogens is 2. The number of methoxy groups -OCH3 is 1. The summed E-state index contributed by atoms with van der Waals surface area (Å²) < 4.78 is 5.91. The molecule has 0 fully saturated rings. The van der Waals surface area contributed by atoms with E-state index in [1.807, 2.05) is 27.8 Å². The Hall–Kier alpha value is -2.92. The summed E-state index contributed by atoms with van der Waals surface area (Å²) in [5.41, 5.74) is 5.59. The van der Waals surface area contributed by atoms with Gasteiger partial charge in [-0.1, -0.05) is 0 Å². The maximum Gasteiger partial charge on any atom is 0.313 e. The molecule has 1 amide bonds. The molecule has 1 aromatic heterocycles. The predicted molar refractivity (Wildman–Crippen MR) is 109 cm³/mol. The van der Waals surface area contributed by atoms with Gasteiger partial charge in [0.2, 0.25) is 5.91 Å². The molecular weight excluding hydrogens is 380 g/mol. The molecule has 0 aliphatic carbocycles. The number of esters is 1. The number of nitrogens with two attached hydrogens (primary N) is 1. The van der Waals surface area contributed by atoms with Crippen molar-refractivity contribution < 1.29 is 23.9 Å². The van der Waals surface area contributed by atoms with E-state index >= 15 is 0 Å². The van der Waals surface area contributed by atoms with Crippen LogP contribution in [0.3, 0.4) is 0 Å². The molecule has 29 heavy (non-hydrogen) atoms. The smallest absolute Gasteiger partial charge is 0.313 e. The Morgan fingerprint density at radius 2 is 1.79 bits per heavy atom. The highest BCUT2D eigenvalue weighted by Gasteiger charge is 2.15. The predicted octanol–water partition coefficient (Wildman–Crippen LogP) is 0.292. The number of aryl methyl sites for hydroxylation is 2. The highest BCUT2D eigenvalue weighted by Crippen LogP contribution is 2.07. The molecule has 11 nitrogen and oxygen atoms in total. The van der Waals surface area contributed by atoms with E-state index in [0.29, 0.717) is 12.0 Å². The van der Waals surface area contributed by atoms with E-state index in [1.54, 1.807) is 18.8 Å². The lowest BCUT2D eigenvalue weighted by Crippen LogP contribution is -2.13. The monoisotopic (exact) mass is 412 g/mol. The van der Waals surface area contributed by atoms with Crippen molar-refractivity contribution in [3.05, 3.63) is 17.0 Å². The van der Waals surface area contributed by atoms with Gasteiger partial charge in [-0.2, -0.15) is 10.2 Å². The van der Waals surface area contributed by atoms with E-state index in [9.17, 15) is 19.2 Å². The molecule has 0 saturated carbocycles. The molecule has 2 heterocycles. The molecule has 1 aliphatic heterocycles. The number of rotatable bonds is 3. The molecule has 1 aromatic rings. The largest absolute Gasteiger partial charge is 0.469 e. The standard InChI is InChI=1S/C7H10N2O.C5H8N2O.C5H8O3.CH6N2/c1-5-7(4-10)6(2)9(3)8-5;1-4-3-5(8)7(2)6-4;1-4(6)3-5(7)8-2;1-3-2/h4H,1-3H3;2*3H2,1-2H3;3H,2H2,1H3. The van der Waals surface area contributed by atoms with Crippen molar-refractivity contribution in [3.63, 3.8) is 0 Å². The highest BCUT2D eigenvalue weighted by atomic mass is 16.5. The van der Waals surface area contributed by atoms with Crippen molar-refractivity contribution in [1.29, 1.82) is 0 Å². The first-order chi connectivity index (χ1) is 13.4. The minimum atomic E-state index is -0.475. The van der Waals surface area contributed by atoms with Crippen LogP contribution < -0.4 is 11.3 Å². The van der Waals surface area contributed by atoms with Crippen molar-refractivity contribution in [2.45, 2.75) is 40.5 Å². The van der Waals surface area contributed by atoms with Gasteiger partial charge >= 0.3 is 5.97 Å². The average Bonchev–Trinajstić information content (AvgIpc) is 3.04. The van der Waals surface area contributed by atoms with Crippen LogP contribution in [0.4, 0.5) is 0 Å². The molecule has 0 radical (unpaired) electrons. The summed E-state index contributed by atoms with van der Waals surface area (Å²) in [4.78, 5) is 41.3. The summed E-state index contributed by atoms with van der Waals surface area (Å²) in [6.07, 6.45) is 1.23. The van der Waals surface area contributed by atoms with Gasteiger partial charge < -0.3 is 4.74 Å². The van der Waals surface area contributed by atoms with Crippen LogP contribution in [0.25, 0.3) is 0 Å². The van der Waals surface area contributed by atoms with E-state index in [0.717, 1.165) is 23.4 Å². The third-order valence-electron chi connectivity index (χ3n) is 3.39. The number of amides is 1. The molecule has 1 aliphatic rings. The highest BCUT2D eigenvalue weighted by molar-refractivity contribution is 6.03. The number of nitrogens with zero attached hydrogens (tertiary/aromatic N) is 4. The Kier molecular flexibility index (Phi) is 14.7. The van der Waals surface area contributed by atoms with Gasteiger partial charge in [0.15, 0.2) is 6.29 Å². The van der Waals surface area contributed by atoms with Crippen LogP contribution >= 0.6 is 0 Å². The number of hydrogen-bond acceptors (Lipinski definition) is 9. The SMILES string of the molecule is CC1=NN(C)C(=O)C1.CNN.COC(=O)CC(C)=O.Cc1nn(C)c(C)c1C=O. The molecule has 164 valence electrons. The zero-order chi connectivity index (χ0) is 23.1. The molecule has 0 unspecified atom stereocenters. The normalized spacial score (nSPS) is 11.7. The molecule has 0 bridgehead atoms. The van der Waals surface area contributed by atoms with E-state index in [1.165, 1.54) is 19.0 Å². The number of hydrogen-bond donors (Lipinski definition) is 2. The Morgan fingerprint density at radius 1 is 1.28 bits per heavy atom. The van der Waals surface area contributed by atoms with Crippen LogP contribution in [0.1, 0.15) is 48.4 Å². The summed E-state index contributed by atoms with van der Waals surface area (Å²) in [7, 11) is 6.40. The molecule has 0 atom stereocenters. The number of aldehydes is 1. The fourth-order valence-electron chi connectivity index (χ4n) is 1.92. The van der Waals surface area contributed by atoms with Gasteiger partial charge in [0, 0.05) is 25.5 Å². The summed E-state index contributed by atoms with van der Waals surface area (Å²) >= 11 is 0. The van der Waals surface area contributed by atoms with Gasteiger partial charge in [0.05, 0.1) is 24.8 Å². The van der Waals surface area contributed by atoms with Gasteiger partial charge in [-0.3, -0.25) is 35.1 Å². The van der Waals surface area contributed by atoms with Gasteiger partial charge in [-0.25, -0.2) is 5.01 Å². The topological polar surface area (TPSA) is 149 Å². The zero-order valence-electron chi connectivity index (χ0n) is 18.4. The van der Waals surface area contributed by atoms with Crippen molar-refractivity contribution >= 4 is 29.7 Å². The van der Waals surface area contributed by atoms with Crippen LogP contribution in [0, 0.1) is 13.8 Å². The molecule has 0 saturated heterocycles. The van der Waals surface area contributed by atoms with Crippen LogP contribution in [0.2, 0.25) is 0 Å². The lowest BCUT2D eigenvalue weighted by molar-refractivity contribution is -0.143. The van der Waals surface area contributed by atoms with E-state index in [-0.39, 0.29) is 18.1 Å². The number of ether oxygens (including phenoxy) is 1. The number of Topliss-reactive ketones (excluding diaryl/α,β-unsaturated/α-hetero) is 1. The van der Waals surface area contributed by atoms with Gasteiger partial charge in [0.1, 0.15) is 12.2 Å². The average molecular weight is 412 g/mol. The van der Waals surface area contributed by atoms with Crippen LogP contribution in [-0.2, 0) is 26.2 Å². The molecule has 3 N–H and O–H groups in total. The fourth-order valence-corrected chi connectivity index (χ4v) is 1.92. The van der Waals surface area contributed by atoms with Gasteiger partial charge in [-0.05, 0) is 34.7 Å². The van der Waals surface area contributed by atoms with Crippen molar-refractivity contribution in [1.82, 2.24) is 20.2 Å². The lowest BCUT2D eigenvalue weighted by atomic mass is 10.2. The molecule has 0 aromatic carbocycles. The molecular formula is C18H32N6O5. The van der Waals surface area contributed by atoms with Crippen LogP contribution in [-0.4, -0.2) is 65.7 Å². The summed E-state index contributed by atoms with van der Waals surface area (Å²) in [5.74, 6) is 4.04. The second kappa shape index (κ2) is 15.1. The third-order valence-corrected chi connectivity index (χ3v) is 3.39. The second-order valence-electron chi connectivity index (χ2n) is 6.00. The Morgan fingerprint density at radius 3 is 1.93 bits per heavy atom. The number of nitrogens with one attached hydrogen (secondary N) is 1. The van der Waals surface area contributed by atoms with Crippen molar-refractivity contribution in [2.75, 3.05) is 21.2 Å². The minimum absolute atomic E-state index is 0.0856. The maximum absolute atomic E-state index is 10.6. The Labute approximate surface area is 171 Å². The van der Waals surface area contributed by atoms with Gasteiger partial charge in [0.25, 0.3) is 0 Å². The van der Waals surface area contributed by atoms with Crippen LogP contribution in [0.5, 0.6) is 0 Å². The fraction of sp³-hybridized carbons (Fsp3) is 0.556. The Bertz CT molecular complexity index is 727. The number of hydrazine groups is 1. The summed E-state index contributed by atoms with van der Waals surface area (Å²) in [6.45, 7) is 6.90. The second-order valence-corrected chi connectivity index (χ2v) is 6.00. The Balaban J connectivity index is 0. The van der Waals surface area contributed by atoms with E-state index in [2.05, 4.69) is 26.2 Å². The molecule has 11 heteroatoms. The quantitative estimate of drug-likeness (QED) is 0.236. The first kappa shape index (κ1) is 28.3. The lowest BCUT2D eigenvalue weighted by Gasteiger charge is -1.98. The maximum atomic E-state index is 10.6. The van der Waals surface area contributed by atoms with E-state index < -0.39 is 5.97 Å². The van der Waals surface area contributed by atoms with Crippen molar-refractivity contribution in [2.24, 2.45) is 18.0 Å². The number of carbonyl (C=O) groups excluding carboxylic acids is 4. The van der Waals surface area contributed by atoms with Crippen LogP contribution in [0.15, 0.2) is 5.10 Å². The summed E-state index contributed by atoms with van der Waals surface area (Å²) in [6, 6.07) is 0. The van der Waals surface area contributed by atoms with Gasteiger partial charge in [-0.15, -0.1) is 0 Å². The first-order valence-corrected chi connectivity index (χ1v) is 8.64. The summed E-state index contributed by atoms with van der Waals surface area (Å²) in [5, 5.41) is 9.31. The first-order valence-electron chi connectivity index (χ1n) is 8.64. The van der Waals surface area contributed by atoms with E-state index in [4.69, 9.17) is 0 Å². The molecule has 0 spiro atoms. The number of hydrazone groups is 1. The number of carbonyl (C=O) groups is 4. The zero-order valence-corrected chi connectivity index (χ0v) is 18.4. The van der Waals surface area contributed by atoms with Crippen molar-refractivity contribution in [3.8, 4) is 0 Å².